The van der Waals surface area contributed by atoms with Crippen molar-refractivity contribution >= 4 is 39.8 Å². The van der Waals surface area contributed by atoms with Gasteiger partial charge in [0.2, 0.25) is 5.91 Å². The number of hydrogen-bond acceptors (Lipinski definition) is 5. The lowest BCUT2D eigenvalue weighted by Crippen LogP contribution is -2.34. The third kappa shape index (κ3) is 7.43. The number of carbonyl (C=O) groups excluding carboxylic acids is 1. The van der Waals surface area contributed by atoms with Gasteiger partial charge in [0.15, 0.2) is 10.3 Å². The average molecular weight is 354 g/mol. The number of aryl methyl sites for hydroxylation is 1. The van der Waals surface area contributed by atoms with Crippen molar-refractivity contribution in [3.05, 3.63) is 35.4 Å². The Kier molecular flexibility index (Phi) is 7.97. The maximum Gasteiger partial charge on any atom is 0.235 e. The van der Waals surface area contributed by atoms with Gasteiger partial charge in [0.25, 0.3) is 0 Å². The predicted molar refractivity (Wildman–Crippen MR) is 100 cm³/mol. The van der Waals surface area contributed by atoms with Gasteiger partial charge in [-0.1, -0.05) is 47.8 Å². The van der Waals surface area contributed by atoms with Crippen LogP contribution in [0.25, 0.3) is 0 Å². The zero-order valence-electron chi connectivity index (χ0n) is 13.3. The average Bonchev–Trinajstić information content (AvgIpc) is 2.46. The number of thioether (sulfide) groups is 2. The lowest BCUT2D eigenvalue weighted by Gasteiger charge is -2.19. The van der Waals surface area contributed by atoms with E-state index in [4.69, 9.17) is 22.3 Å². The van der Waals surface area contributed by atoms with Crippen molar-refractivity contribution in [2.24, 2.45) is 11.5 Å². The van der Waals surface area contributed by atoms with E-state index < -0.39 is 0 Å². The lowest BCUT2D eigenvalue weighted by molar-refractivity contribution is -0.128. The van der Waals surface area contributed by atoms with E-state index in [1.54, 1.807) is 14.1 Å². The third-order valence-corrected chi connectivity index (χ3v) is 4.70. The minimum absolute atomic E-state index is 0.0489. The number of amidine groups is 2. The molecule has 0 radical (unpaired) electrons. The van der Waals surface area contributed by atoms with Crippen LogP contribution in [0.1, 0.15) is 11.1 Å². The highest BCUT2D eigenvalue weighted by Gasteiger charge is 2.22. The summed E-state index contributed by atoms with van der Waals surface area (Å²) in [7, 11) is 3.40. The lowest BCUT2D eigenvalue weighted by atomic mass is 10.1. The number of benzene rings is 1. The molecule has 23 heavy (non-hydrogen) atoms. The van der Waals surface area contributed by atoms with Crippen molar-refractivity contribution in [1.29, 1.82) is 10.8 Å². The van der Waals surface area contributed by atoms with E-state index in [-0.39, 0.29) is 21.5 Å². The van der Waals surface area contributed by atoms with Crippen molar-refractivity contribution < 1.29 is 4.79 Å². The van der Waals surface area contributed by atoms with E-state index in [0.29, 0.717) is 6.42 Å². The first-order valence-electron chi connectivity index (χ1n) is 7.06. The molecule has 1 aromatic rings. The van der Waals surface area contributed by atoms with E-state index in [0.717, 1.165) is 35.1 Å². The van der Waals surface area contributed by atoms with Gasteiger partial charge in [-0.3, -0.25) is 15.6 Å². The number of amides is 1. The Bertz CT molecular complexity index is 559. The molecule has 0 aliphatic carbocycles. The van der Waals surface area contributed by atoms with Crippen molar-refractivity contribution in [3.8, 4) is 0 Å². The van der Waals surface area contributed by atoms with Crippen LogP contribution in [0, 0.1) is 10.8 Å². The maximum atomic E-state index is 12.2. The van der Waals surface area contributed by atoms with E-state index in [2.05, 4.69) is 0 Å². The molecule has 6 nitrogen and oxygen atoms in total. The van der Waals surface area contributed by atoms with Gasteiger partial charge in [-0.15, -0.1) is 0 Å². The Morgan fingerprint density at radius 1 is 1.13 bits per heavy atom. The second kappa shape index (κ2) is 9.46. The minimum atomic E-state index is -0.387. The molecule has 6 N–H and O–H groups in total. The van der Waals surface area contributed by atoms with Crippen LogP contribution in [0.2, 0.25) is 0 Å². The van der Waals surface area contributed by atoms with Gasteiger partial charge >= 0.3 is 0 Å². The van der Waals surface area contributed by atoms with Gasteiger partial charge < -0.3 is 16.4 Å². The number of nitrogens with two attached hydrogens (primary N) is 2. The van der Waals surface area contributed by atoms with Crippen LogP contribution >= 0.6 is 23.5 Å². The predicted octanol–water partition coefficient (Wildman–Crippen LogP) is 1.48. The largest absolute Gasteiger partial charge is 0.379 e. The highest BCUT2D eigenvalue weighted by atomic mass is 32.2. The summed E-state index contributed by atoms with van der Waals surface area (Å²) in [4.78, 5) is 13.7. The summed E-state index contributed by atoms with van der Waals surface area (Å²) < 4.78 is 0. The molecular weight excluding hydrogens is 330 g/mol. The monoisotopic (exact) mass is 353 g/mol. The van der Waals surface area contributed by atoms with Gasteiger partial charge in [0.05, 0.1) is 5.25 Å². The van der Waals surface area contributed by atoms with Crippen LogP contribution in [0.15, 0.2) is 24.3 Å². The number of hydrogen-bond donors (Lipinski definition) is 4. The molecule has 0 spiro atoms. The third-order valence-electron chi connectivity index (χ3n) is 3.08. The van der Waals surface area contributed by atoms with Crippen molar-refractivity contribution in [2.75, 3.05) is 19.8 Å². The van der Waals surface area contributed by atoms with Crippen molar-refractivity contribution in [3.63, 3.8) is 0 Å². The Hall–Kier alpha value is -1.67. The molecule has 1 amide bonds. The molecule has 0 unspecified atom stereocenters. The van der Waals surface area contributed by atoms with Crippen molar-refractivity contribution in [2.45, 2.75) is 18.1 Å². The van der Waals surface area contributed by atoms with E-state index in [1.165, 1.54) is 16.7 Å². The van der Waals surface area contributed by atoms with Gasteiger partial charge in [-0.05, 0) is 24.0 Å². The Labute approximate surface area is 145 Å². The molecule has 1 atom stereocenters. The Balaban J connectivity index is 2.67. The Morgan fingerprint density at radius 3 is 2.17 bits per heavy atom. The molecule has 0 fully saturated rings. The van der Waals surface area contributed by atoms with Crippen LogP contribution in [-0.4, -0.2) is 46.2 Å². The number of nitrogens with one attached hydrogen (secondary N) is 2. The fourth-order valence-electron chi connectivity index (χ4n) is 1.96. The summed E-state index contributed by atoms with van der Waals surface area (Å²) in [6.45, 7) is 0. The molecule has 0 saturated heterocycles. The van der Waals surface area contributed by atoms with E-state index in [9.17, 15) is 4.79 Å². The van der Waals surface area contributed by atoms with Crippen LogP contribution in [-0.2, 0) is 17.6 Å². The first-order valence-corrected chi connectivity index (χ1v) is 8.92. The van der Waals surface area contributed by atoms with Crippen molar-refractivity contribution in [1.82, 2.24) is 4.90 Å². The summed E-state index contributed by atoms with van der Waals surface area (Å²) in [5.41, 5.74) is 12.9. The Morgan fingerprint density at radius 2 is 1.70 bits per heavy atom. The summed E-state index contributed by atoms with van der Waals surface area (Å²) in [5.74, 6) is 0.725. The first kappa shape index (κ1) is 19.4. The molecule has 1 aromatic carbocycles. The highest BCUT2D eigenvalue weighted by molar-refractivity contribution is 8.14. The van der Waals surface area contributed by atoms with Crippen LogP contribution in [0.4, 0.5) is 0 Å². The summed E-state index contributed by atoms with van der Waals surface area (Å²) >= 11 is 2.41. The summed E-state index contributed by atoms with van der Waals surface area (Å²) in [5, 5.41) is 14.3. The summed E-state index contributed by atoms with van der Waals surface area (Å²) in [6, 6.07) is 8.02. The SMILES string of the molecule is CN(C)C(=O)[C@H](Cc1ccc(CCSC(=N)N)cc1)SC(=N)N. The molecule has 0 aliphatic heterocycles. The maximum absolute atomic E-state index is 12.2. The minimum Gasteiger partial charge on any atom is -0.379 e. The van der Waals surface area contributed by atoms with Gasteiger partial charge in [0.1, 0.15) is 0 Å². The van der Waals surface area contributed by atoms with Gasteiger partial charge in [0, 0.05) is 19.8 Å². The summed E-state index contributed by atoms with van der Waals surface area (Å²) in [6.07, 6.45) is 1.37. The molecule has 8 heteroatoms. The normalized spacial score (nSPS) is 11.7. The zero-order chi connectivity index (χ0) is 17.4. The van der Waals surface area contributed by atoms with Gasteiger partial charge in [-0.2, -0.15) is 0 Å². The number of nitrogens with zero attached hydrogens (tertiary/aromatic N) is 1. The number of rotatable bonds is 7. The molecule has 0 bridgehead atoms. The number of carbonyl (C=O) groups is 1. The molecule has 0 aliphatic rings. The van der Waals surface area contributed by atoms with E-state index in [1.807, 2.05) is 24.3 Å². The molecular formula is C15H23N5OS2. The quantitative estimate of drug-likeness (QED) is 0.437. The van der Waals surface area contributed by atoms with E-state index >= 15 is 0 Å². The topological polar surface area (TPSA) is 120 Å². The molecule has 1 rings (SSSR count). The highest BCUT2D eigenvalue weighted by Crippen LogP contribution is 2.19. The standard InChI is InChI=1S/C15H23N5OS2/c1-20(2)13(21)12(23-15(18)19)9-11-5-3-10(4-6-11)7-8-22-14(16)17/h3-6,12H,7-9H2,1-2H3,(H3,16,17)(H3,18,19)/t12-/m0/s1. The zero-order valence-corrected chi connectivity index (χ0v) is 15.0. The van der Waals surface area contributed by atoms with Crippen LogP contribution < -0.4 is 11.5 Å². The molecule has 0 saturated carbocycles. The second-order valence-electron chi connectivity index (χ2n) is 5.19. The van der Waals surface area contributed by atoms with Gasteiger partial charge in [-0.25, -0.2) is 0 Å². The van der Waals surface area contributed by atoms with Crippen LogP contribution in [0.5, 0.6) is 0 Å². The fourth-order valence-corrected chi connectivity index (χ4v) is 3.41. The van der Waals surface area contributed by atoms with Crippen LogP contribution in [0.3, 0.4) is 0 Å². The second-order valence-corrected chi connectivity index (χ2v) is 7.57. The smallest absolute Gasteiger partial charge is 0.235 e. The molecule has 0 aromatic heterocycles. The fraction of sp³-hybridized carbons (Fsp3) is 0.400. The first-order chi connectivity index (χ1) is 10.8. The molecule has 0 heterocycles. The molecule has 126 valence electrons.